The predicted octanol–water partition coefficient (Wildman–Crippen LogP) is 3.61. The van der Waals surface area contributed by atoms with Crippen LogP contribution in [0.2, 0.25) is 0 Å². The summed E-state index contributed by atoms with van der Waals surface area (Å²) in [6.07, 6.45) is 4.87. The number of aromatic nitrogens is 2. The van der Waals surface area contributed by atoms with Gasteiger partial charge in [-0.1, -0.05) is 42.1 Å². The molecule has 33 heavy (non-hydrogen) atoms. The molecule has 7 nitrogen and oxygen atoms in total. The van der Waals surface area contributed by atoms with Crippen molar-refractivity contribution < 1.29 is 9.59 Å². The van der Waals surface area contributed by atoms with E-state index in [2.05, 4.69) is 17.4 Å². The van der Waals surface area contributed by atoms with Gasteiger partial charge in [0.1, 0.15) is 4.83 Å². The summed E-state index contributed by atoms with van der Waals surface area (Å²) < 4.78 is 1.73. The van der Waals surface area contributed by atoms with Gasteiger partial charge in [0.2, 0.25) is 5.91 Å². The van der Waals surface area contributed by atoms with E-state index in [1.165, 1.54) is 27.1 Å². The molecule has 1 aliphatic carbocycles. The predicted molar refractivity (Wildman–Crippen MR) is 131 cm³/mol. The molecule has 1 unspecified atom stereocenters. The number of aryl methyl sites for hydroxylation is 3. The molecule has 3 aromatic rings. The highest BCUT2D eigenvalue weighted by Gasteiger charge is 2.31. The van der Waals surface area contributed by atoms with E-state index in [0.29, 0.717) is 31.2 Å². The highest BCUT2D eigenvalue weighted by molar-refractivity contribution is 8.00. The SMILES string of the molecule is CC(Sc1nc2sc3c(c2c(=O)n1CCc1ccccc1)CCCC3)C(=O)N1CCNC1=O. The van der Waals surface area contributed by atoms with Gasteiger partial charge in [0.05, 0.1) is 10.6 Å². The summed E-state index contributed by atoms with van der Waals surface area (Å²) >= 11 is 2.88. The van der Waals surface area contributed by atoms with Gasteiger partial charge in [0, 0.05) is 24.5 Å². The number of carbonyl (C=O) groups excluding carboxylic acids is 2. The zero-order chi connectivity index (χ0) is 22.9. The van der Waals surface area contributed by atoms with Crippen LogP contribution < -0.4 is 10.9 Å². The molecule has 0 saturated carbocycles. The van der Waals surface area contributed by atoms with Crippen LogP contribution in [0.4, 0.5) is 4.79 Å². The molecule has 9 heteroatoms. The lowest BCUT2D eigenvalue weighted by molar-refractivity contribution is -0.126. The van der Waals surface area contributed by atoms with E-state index in [-0.39, 0.29) is 17.5 Å². The van der Waals surface area contributed by atoms with Crippen LogP contribution in [0, 0.1) is 0 Å². The highest BCUT2D eigenvalue weighted by atomic mass is 32.2. The number of benzene rings is 1. The van der Waals surface area contributed by atoms with E-state index in [0.717, 1.165) is 41.5 Å². The maximum atomic E-state index is 13.7. The Hall–Kier alpha value is -2.65. The number of carbonyl (C=O) groups is 2. The second-order valence-electron chi connectivity index (χ2n) is 8.46. The average molecular weight is 483 g/mol. The zero-order valence-corrected chi connectivity index (χ0v) is 20.1. The molecule has 1 N–H and O–H groups in total. The summed E-state index contributed by atoms with van der Waals surface area (Å²) in [5.41, 5.74) is 2.30. The van der Waals surface area contributed by atoms with Crippen molar-refractivity contribution in [2.45, 2.75) is 56.0 Å². The van der Waals surface area contributed by atoms with E-state index in [1.54, 1.807) is 22.8 Å². The number of rotatable bonds is 6. The summed E-state index contributed by atoms with van der Waals surface area (Å²) in [6, 6.07) is 9.70. The van der Waals surface area contributed by atoms with E-state index in [9.17, 15) is 14.4 Å². The van der Waals surface area contributed by atoms with Crippen molar-refractivity contribution >= 4 is 45.3 Å². The standard InChI is InChI=1S/C24H26N4O3S2/c1-15(21(29)27-14-12-25-23(27)31)32-24-26-20-19(17-9-5-6-10-18(17)33-20)22(30)28(24)13-11-16-7-3-2-4-8-16/h2-4,7-8,15H,5-6,9-14H2,1H3,(H,25,31). The quantitative estimate of drug-likeness (QED) is 0.429. The summed E-state index contributed by atoms with van der Waals surface area (Å²) in [5.74, 6) is -0.260. The van der Waals surface area contributed by atoms with E-state index >= 15 is 0 Å². The van der Waals surface area contributed by atoms with Crippen molar-refractivity contribution in [3.63, 3.8) is 0 Å². The lowest BCUT2D eigenvalue weighted by Gasteiger charge is -2.19. The number of hydrogen-bond acceptors (Lipinski definition) is 6. The number of urea groups is 1. The van der Waals surface area contributed by atoms with Gasteiger partial charge in [-0.2, -0.15) is 0 Å². The first kappa shape index (κ1) is 22.2. The molecule has 0 radical (unpaired) electrons. The Balaban J connectivity index is 1.51. The second kappa shape index (κ2) is 9.30. The van der Waals surface area contributed by atoms with Crippen molar-refractivity contribution in [1.29, 1.82) is 0 Å². The van der Waals surface area contributed by atoms with Gasteiger partial charge in [-0.3, -0.25) is 19.1 Å². The summed E-state index contributed by atoms with van der Waals surface area (Å²) in [6.45, 7) is 3.10. The molecule has 1 aromatic carbocycles. The fraction of sp³-hybridized carbons (Fsp3) is 0.417. The third-order valence-corrected chi connectivity index (χ3v) is 8.52. The normalized spacial score (nSPS) is 16.6. The largest absolute Gasteiger partial charge is 0.336 e. The number of amides is 3. The van der Waals surface area contributed by atoms with Crippen LogP contribution in [0.1, 0.15) is 35.8 Å². The lowest BCUT2D eigenvalue weighted by atomic mass is 9.97. The summed E-state index contributed by atoms with van der Waals surface area (Å²) in [4.78, 5) is 46.7. The Morgan fingerprint density at radius 2 is 2.00 bits per heavy atom. The van der Waals surface area contributed by atoms with Crippen LogP contribution in [0.3, 0.4) is 0 Å². The van der Waals surface area contributed by atoms with E-state index in [1.807, 2.05) is 18.2 Å². The van der Waals surface area contributed by atoms with E-state index < -0.39 is 5.25 Å². The molecule has 0 spiro atoms. The average Bonchev–Trinajstić information content (AvgIpc) is 3.42. The molecule has 1 atom stereocenters. The van der Waals surface area contributed by atoms with Gasteiger partial charge in [0.25, 0.3) is 5.56 Å². The van der Waals surface area contributed by atoms with Crippen molar-refractivity contribution in [3.05, 3.63) is 56.7 Å². The van der Waals surface area contributed by atoms with Gasteiger partial charge < -0.3 is 5.32 Å². The lowest BCUT2D eigenvalue weighted by Crippen LogP contribution is -2.39. The van der Waals surface area contributed by atoms with Crippen LogP contribution in [0.15, 0.2) is 40.3 Å². The summed E-state index contributed by atoms with van der Waals surface area (Å²) in [7, 11) is 0. The van der Waals surface area contributed by atoms with Crippen molar-refractivity contribution in [2.24, 2.45) is 0 Å². The molecule has 5 rings (SSSR count). The monoisotopic (exact) mass is 482 g/mol. The van der Waals surface area contributed by atoms with Gasteiger partial charge in [-0.15, -0.1) is 11.3 Å². The van der Waals surface area contributed by atoms with Crippen LogP contribution in [-0.2, 0) is 30.6 Å². The number of nitrogens with one attached hydrogen (secondary N) is 1. The molecule has 2 aromatic heterocycles. The van der Waals surface area contributed by atoms with Crippen molar-refractivity contribution in [1.82, 2.24) is 19.8 Å². The number of hydrogen-bond donors (Lipinski definition) is 1. The maximum Gasteiger partial charge on any atom is 0.324 e. The number of thiophene rings is 1. The number of thioether (sulfide) groups is 1. The smallest absolute Gasteiger partial charge is 0.324 e. The van der Waals surface area contributed by atoms with Gasteiger partial charge >= 0.3 is 6.03 Å². The topological polar surface area (TPSA) is 84.3 Å². The highest BCUT2D eigenvalue weighted by Crippen LogP contribution is 2.35. The van der Waals surface area contributed by atoms with Crippen molar-refractivity contribution in [2.75, 3.05) is 13.1 Å². The Morgan fingerprint density at radius 3 is 2.76 bits per heavy atom. The Bertz CT molecular complexity index is 1270. The van der Waals surface area contributed by atoms with Crippen LogP contribution in [-0.4, -0.2) is 44.7 Å². The molecule has 1 fully saturated rings. The molecule has 0 bridgehead atoms. The minimum Gasteiger partial charge on any atom is -0.336 e. The fourth-order valence-corrected chi connectivity index (χ4v) is 6.80. The Labute approximate surface area is 200 Å². The first-order valence-electron chi connectivity index (χ1n) is 11.4. The molecule has 2 aliphatic rings. The molecule has 3 amide bonds. The Morgan fingerprint density at radius 1 is 1.21 bits per heavy atom. The first-order valence-corrected chi connectivity index (χ1v) is 13.1. The fourth-order valence-electron chi connectivity index (χ4n) is 4.50. The zero-order valence-electron chi connectivity index (χ0n) is 18.5. The Kier molecular flexibility index (Phi) is 6.25. The molecule has 172 valence electrons. The number of imide groups is 1. The number of fused-ring (bicyclic) bond motifs is 3. The van der Waals surface area contributed by atoms with Gasteiger partial charge in [-0.25, -0.2) is 9.78 Å². The van der Waals surface area contributed by atoms with E-state index in [4.69, 9.17) is 4.98 Å². The number of nitrogens with zero attached hydrogens (tertiary/aromatic N) is 3. The summed E-state index contributed by atoms with van der Waals surface area (Å²) in [5, 5.41) is 3.43. The van der Waals surface area contributed by atoms with Crippen LogP contribution in [0.25, 0.3) is 10.2 Å². The minimum absolute atomic E-state index is 0.0172. The molecule has 1 saturated heterocycles. The maximum absolute atomic E-state index is 13.7. The molecule has 1 aliphatic heterocycles. The molecule has 3 heterocycles. The van der Waals surface area contributed by atoms with Crippen LogP contribution in [0.5, 0.6) is 0 Å². The second-order valence-corrected chi connectivity index (χ2v) is 10.9. The minimum atomic E-state index is -0.532. The van der Waals surface area contributed by atoms with Crippen LogP contribution >= 0.6 is 23.1 Å². The van der Waals surface area contributed by atoms with Gasteiger partial charge in [0.15, 0.2) is 5.16 Å². The van der Waals surface area contributed by atoms with Crippen molar-refractivity contribution in [3.8, 4) is 0 Å². The molecular formula is C24H26N4O3S2. The van der Waals surface area contributed by atoms with Gasteiger partial charge in [-0.05, 0) is 50.2 Å². The third-order valence-electron chi connectivity index (χ3n) is 6.26. The first-order chi connectivity index (χ1) is 16.0. The molecular weight excluding hydrogens is 456 g/mol. The third kappa shape index (κ3) is 4.31.